The molecular weight excluding hydrogens is 241 g/mol. The Labute approximate surface area is 105 Å². The van der Waals surface area contributed by atoms with Gasteiger partial charge in [-0.05, 0) is 51.0 Å². The summed E-state index contributed by atoms with van der Waals surface area (Å²) >= 11 is 1.55. The van der Waals surface area contributed by atoms with Crippen molar-refractivity contribution in [1.82, 2.24) is 4.90 Å². The van der Waals surface area contributed by atoms with Crippen LogP contribution in [0.4, 0.5) is 4.39 Å². The van der Waals surface area contributed by atoms with Gasteiger partial charge in [-0.25, -0.2) is 9.18 Å². The van der Waals surface area contributed by atoms with Crippen molar-refractivity contribution in [3.8, 4) is 0 Å². The Kier molecular flexibility index (Phi) is 5.44. The van der Waals surface area contributed by atoms with Crippen LogP contribution >= 0.6 is 11.8 Å². The van der Waals surface area contributed by atoms with Crippen molar-refractivity contribution in [3.63, 3.8) is 0 Å². The second kappa shape index (κ2) is 6.61. The molecule has 1 aromatic carbocycles. The summed E-state index contributed by atoms with van der Waals surface area (Å²) in [4.78, 5) is 13.6. The lowest BCUT2D eigenvalue weighted by Gasteiger charge is -2.08. The normalized spacial score (nSPS) is 10.8. The van der Waals surface area contributed by atoms with E-state index in [-0.39, 0.29) is 5.56 Å². The molecule has 0 atom stereocenters. The molecule has 0 bridgehead atoms. The predicted molar refractivity (Wildman–Crippen MR) is 67.3 cm³/mol. The maximum absolute atomic E-state index is 13.1. The highest BCUT2D eigenvalue weighted by molar-refractivity contribution is 7.99. The van der Waals surface area contributed by atoms with Crippen LogP contribution in [0.25, 0.3) is 0 Å². The topological polar surface area (TPSA) is 40.5 Å². The summed E-state index contributed by atoms with van der Waals surface area (Å²) in [6.45, 7) is 0.986. The molecule has 0 aliphatic rings. The van der Waals surface area contributed by atoms with Gasteiger partial charge in [0.25, 0.3) is 0 Å². The largest absolute Gasteiger partial charge is 0.478 e. The van der Waals surface area contributed by atoms with Crippen molar-refractivity contribution in [2.75, 3.05) is 26.4 Å². The van der Waals surface area contributed by atoms with Gasteiger partial charge in [-0.2, -0.15) is 0 Å². The average Bonchev–Trinajstić information content (AvgIpc) is 2.25. The van der Waals surface area contributed by atoms with Crippen LogP contribution in [0.2, 0.25) is 0 Å². The number of halogens is 1. The number of hydrogen-bond acceptors (Lipinski definition) is 3. The van der Waals surface area contributed by atoms with Crippen LogP contribution in [-0.2, 0) is 0 Å². The quantitative estimate of drug-likeness (QED) is 0.628. The third kappa shape index (κ3) is 4.75. The summed E-state index contributed by atoms with van der Waals surface area (Å²) in [6.07, 6.45) is 1.01. The van der Waals surface area contributed by atoms with Crippen LogP contribution in [0.3, 0.4) is 0 Å². The molecule has 0 radical (unpaired) electrons. The van der Waals surface area contributed by atoms with Crippen molar-refractivity contribution in [3.05, 3.63) is 29.6 Å². The van der Waals surface area contributed by atoms with E-state index in [1.165, 1.54) is 12.1 Å². The van der Waals surface area contributed by atoms with Crippen LogP contribution in [0, 0.1) is 5.82 Å². The Bertz CT molecular complexity index is 396. The van der Waals surface area contributed by atoms with Crippen molar-refractivity contribution in [2.24, 2.45) is 0 Å². The molecule has 0 aliphatic carbocycles. The molecule has 0 unspecified atom stereocenters. The maximum Gasteiger partial charge on any atom is 0.338 e. The van der Waals surface area contributed by atoms with Gasteiger partial charge in [-0.3, -0.25) is 0 Å². The number of benzene rings is 1. The fraction of sp³-hybridized carbons (Fsp3) is 0.417. The molecule has 1 rings (SSSR count). The van der Waals surface area contributed by atoms with Crippen molar-refractivity contribution < 1.29 is 14.3 Å². The van der Waals surface area contributed by atoms with Gasteiger partial charge in [0.1, 0.15) is 5.82 Å². The van der Waals surface area contributed by atoms with Gasteiger partial charge in [-0.1, -0.05) is 0 Å². The summed E-state index contributed by atoms with van der Waals surface area (Å²) in [7, 11) is 4.01. The zero-order valence-corrected chi connectivity index (χ0v) is 10.8. The Morgan fingerprint density at radius 2 is 2.18 bits per heavy atom. The van der Waals surface area contributed by atoms with Crippen molar-refractivity contribution >= 4 is 17.7 Å². The van der Waals surface area contributed by atoms with E-state index in [0.717, 1.165) is 23.6 Å². The molecule has 17 heavy (non-hydrogen) atoms. The summed E-state index contributed by atoms with van der Waals surface area (Å²) in [5, 5.41) is 8.78. The number of rotatable bonds is 6. The molecule has 0 aliphatic heterocycles. The van der Waals surface area contributed by atoms with Crippen LogP contribution in [0.1, 0.15) is 16.8 Å². The van der Waals surface area contributed by atoms with E-state index in [9.17, 15) is 9.18 Å². The standard InChI is InChI=1S/C12H16FNO2S/c1-14(2)6-3-7-17-9-4-5-11(13)10(8-9)12(15)16/h4-5,8H,3,6-7H2,1-2H3,(H,15,16). The van der Waals surface area contributed by atoms with Gasteiger partial charge in [0, 0.05) is 4.90 Å². The number of carboxylic acids is 1. The average molecular weight is 257 g/mol. The molecule has 5 heteroatoms. The molecular formula is C12H16FNO2S. The van der Waals surface area contributed by atoms with Gasteiger partial charge in [0.15, 0.2) is 0 Å². The Morgan fingerprint density at radius 1 is 1.47 bits per heavy atom. The molecule has 0 fully saturated rings. The second-order valence-corrected chi connectivity index (χ2v) is 5.12. The molecule has 0 spiro atoms. The second-order valence-electron chi connectivity index (χ2n) is 3.95. The molecule has 1 N–H and O–H groups in total. The molecule has 0 amide bonds. The molecule has 0 saturated carbocycles. The van der Waals surface area contributed by atoms with E-state index >= 15 is 0 Å². The minimum Gasteiger partial charge on any atom is -0.478 e. The fourth-order valence-corrected chi connectivity index (χ4v) is 2.20. The van der Waals surface area contributed by atoms with E-state index in [1.54, 1.807) is 17.8 Å². The first kappa shape index (κ1) is 14.0. The number of carbonyl (C=O) groups is 1. The monoisotopic (exact) mass is 257 g/mol. The summed E-state index contributed by atoms with van der Waals surface area (Å²) in [6, 6.07) is 4.21. The van der Waals surface area contributed by atoms with Crippen LogP contribution in [-0.4, -0.2) is 42.4 Å². The maximum atomic E-state index is 13.1. The lowest BCUT2D eigenvalue weighted by atomic mass is 10.2. The zero-order valence-electron chi connectivity index (χ0n) is 9.94. The molecule has 0 saturated heterocycles. The zero-order chi connectivity index (χ0) is 12.8. The molecule has 94 valence electrons. The van der Waals surface area contributed by atoms with E-state index < -0.39 is 11.8 Å². The summed E-state index contributed by atoms with van der Waals surface area (Å²) in [5.74, 6) is -1.02. The van der Waals surface area contributed by atoms with Gasteiger partial charge >= 0.3 is 5.97 Å². The molecule has 3 nitrogen and oxygen atoms in total. The third-order valence-electron chi connectivity index (χ3n) is 2.19. The van der Waals surface area contributed by atoms with Crippen LogP contribution in [0.5, 0.6) is 0 Å². The van der Waals surface area contributed by atoms with Gasteiger partial charge < -0.3 is 10.0 Å². The third-order valence-corrected chi connectivity index (χ3v) is 3.27. The fourth-order valence-electron chi connectivity index (χ4n) is 1.33. The Morgan fingerprint density at radius 3 is 2.76 bits per heavy atom. The Hall–Kier alpha value is -1.07. The first-order valence-corrected chi connectivity index (χ1v) is 6.29. The lowest BCUT2D eigenvalue weighted by Crippen LogP contribution is -2.13. The summed E-state index contributed by atoms with van der Waals surface area (Å²) in [5.41, 5.74) is -0.261. The summed E-state index contributed by atoms with van der Waals surface area (Å²) < 4.78 is 13.1. The first-order chi connectivity index (χ1) is 8.00. The molecule has 1 aromatic rings. The SMILES string of the molecule is CN(C)CCCSc1ccc(F)c(C(=O)O)c1. The number of aromatic carboxylic acids is 1. The van der Waals surface area contributed by atoms with Crippen molar-refractivity contribution in [1.29, 1.82) is 0 Å². The number of thioether (sulfide) groups is 1. The van der Waals surface area contributed by atoms with Crippen LogP contribution in [0.15, 0.2) is 23.1 Å². The van der Waals surface area contributed by atoms with E-state index in [2.05, 4.69) is 4.90 Å². The number of hydrogen-bond donors (Lipinski definition) is 1. The predicted octanol–water partition coefficient (Wildman–Crippen LogP) is 2.57. The van der Waals surface area contributed by atoms with Gasteiger partial charge in [-0.15, -0.1) is 11.8 Å². The molecule has 0 aromatic heterocycles. The first-order valence-electron chi connectivity index (χ1n) is 5.31. The highest BCUT2D eigenvalue weighted by atomic mass is 32.2. The van der Waals surface area contributed by atoms with Crippen molar-refractivity contribution in [2.45, 2.75) is 11.3 Å². The minimum absolute atomic E-state index is 0.261. The van der Waals surface area contributed by atoms with E-state index in [4.69, 9.17) is 5.11 Å². The highest BCUT2D eigenvalue weighted by Crippen LogP contribution is 2.21. The van der Waals surface area contributed by atoms with E-state index in [1.807, 2.05) is 14.1 Å². The Balaban J connectivity index is 2.54. The lowest BCUT2D eigenvalue weighted by molar-refractivity contribution is 0.0691. The highest BCUT2D eigenvalue weighted by Gasteiger charge is 2.10. The smallest absolute Gasteiger partial charge is 0.338 e. The molecule has 0 heterocycles. The van der Waals surface area contributed by atoms with E-state index in [0.29, 0.717) is 0 Å². The minimum atomic E-state index is -1.22. The number of carboxylic acid groups (broad SMARTS) is 1. The van der Waals surface area contributed by atoms with Gasteiger partial charge in [0.2, 0.25) is 0 Å². The van der Waals surface area contributed by atoms with Gasteiger partial charge in [0.05, 0.1) is 5.56 Å². The number of nitrogens with zero attached hydrogens (tertiary/aromatic N) is 1. The van der Waals surface area contributed by atoms with Crippen LogP contribution < -0.4 is 0 Å².